The zero-order valence-corrected chi connectivity index (χ0v) is 23.2. The number of nitrogens with one attached hydrogen (secondary N) is 3. The van der Waals surface area contributed by atoms with Crippen LogP contribution in [0.3, 0.4) is 0 Å². The van der Waals surface area contributed by atoms with Crippen LogP contribution in [0.1, 0.15) is 29.6 Å². The average Bonchev–Trinajstić information content (AvgIpc) is 3.61. The van der Waals surface area contributed by atoms with Crippen LogP contribution in [0.25, 0.3) is 10.6 Å². The van der Waals surface area contributed by atoms with Gasteiger partial charge < -0.3 is 15.4 Å². The Kier molecular flexibility index (Phi) is 10.8. The maximum absolute atomic E-state index is 13.5. The van der Waals surface area contributed by atoms with Gasteiger partial charge in [-0.3, -0.25) is 14.1 Å². The van der Waals surface area contributed by atoms with Crippen molar-refractivity contribution < 1.29 is 27.3 Å². The van der Waals surface area contributed by atoms with E-state index in [-0.39, 0.29) is 19.5 Å². The molecule has 0 unspecified atom stereocenters. The molecule has 0 aliphatic rings. The molecule has 0 saturated heterocycles. The van der Waals surface area contributed by atoms with Gasteiger partial charge in [0.05, 0.1) is 29.4 Å². The Morgan fingerprint density at radius 3 is 2.27 bits per heavy atom. The normalized spacial score (nSPS) is 12.4. The van der Waals surface area contributed by atoms with Gasteiger partial charge in [-0.15, -0.1) is 22.7 Å². The second-order valence-electron chi connectivity index (χ2n) is 8.47. The Morgan fingerprint density at radius 2 is 1.65 bits per heavy atom. The maximum Gasteiger partial charge on any atom is 0.407 e. The van der Waals surface area contributed by atoms with Crippen molar-refractivity contribution in [1.29, 1.82) is 0 Å². The van der Waals surface area contributed by atoms with E-state index in [1.54, 1.807) is 23.5 Å². The number of thiophene rings is 1. The van der Waals surface area contributed by atoms with Gasteiger partial charge >= 0.3 is 16.4 Å². The summed E-state index contributed by atoms with van der Waals surface area (Å²) in [6.07, 6.45) is -0.132. The molecule has 0 fully saturated rings. The van der Waals surface area contributed by atoms with Crippen LogP contribution in [0.2, 0.25) is 0 Å². The molecule has 2 aromatic carbocycles. The molecule has 0 radical (unpaired) electrons. The number of alkyl carbamates (subject to hydrolysis) is 1. The van der Waals surface area contributed by atoms with Gasteiger partial charge in [0.15, 0.2) is 0 Å². The number of hydrogen-bond donors (Lipinski definition) is 4. The first-order valence-electron chi connectivity index (χ1n) is 11.7. The average molecular weight is 603 g/mol. The van der Waals surface area contributed by atoms with Gasteiger partial charge in [0, 0.05) is 11.8 Å². The highest BCUT2D eigenvalue weighted by molar-refractivity contribution is 7.87. The number of methoxy groups -OCH3 is 1. The Morgan fingerprint density at radius 1 is 0.950 bits per heavy atom. The Hall–Kier alpha value is -3.78. The number of ether oxygens (including phenoxy) is 1. The lowest BCUT2D eigenvalue weighted by Gasteiger charge is -2.22. The van der Waals surface area contributed by atoms with E-state index in [4.69, 9.17) is 14.3 Å². The van der Waals surface area contributed by atoms with Crippen LogP contribution in [-0.4, -0.2) is 43.1 Å². The first kappa shape index (κ1) is 30.8. The number of hydrogen-bond acceptors (Lipinski definition) is 8. The highest BCUT2D eigenvalue weighted by Crippen LogP contribution is 2.30. The number of anilines is 1. The Labute approximate surface area is 241 Å². The van der Waals surface area contributed by atoms with E-state index < -0.39 is 34.4 Å². The van der Waals surface area contributed by atoms with Crippen LogP contribution in [0, 0.1) is 0 Å². The molecule has 0 spiro atoms. The van der Waals surface area contributed by atoms with Crippen molar-refractivity contribution in [3.05, 3.63) is 93.6 Å². The highest BCUT2D eigenvalue weighted by atomic mass is 32.2. The predicted molar refractivity (Wildman–Crippen MR) is 158 cm³/mol. The van der Waals surface area contributed by atoms with Gasteiger partial charge in [0.2, 0.25) is 5.91 Å². The lowest BCUT2D eigenvalue weighted by atomic mass is 10.0. The molecular weight excluding hydrogens is 573 g/mol. The summed E-state index contributed by atoms with van der Waals surface area (Å²) in [6.45, 7) is 0. The van der Waals surface area contributed by atoms with Gasteiger partial charge in [0.25, 0.3) is 0 Å². The van der Waals surface area contributed by atoms with E-state index in [2.05, 4.69) is 10.6 Å². The first-order valence-corrected chi connectivity index (χ1v) is 14.9. The number of carbonyl (C=O) groups excluding carboxylic acids is 2. The van der Waals surface area contributed by atoms with Crippen molar-refractivity contribution >= 4 is 50.7 Å². The first-order chi connectivity index (χ1) is 18.7. The summed E-state index contributed by atoms with van der Waals surface area (Å²) < 4.78 is 38.0. The van der Waals surface area contributed by atoms with E-state index in [1.807, 2.05) is 57.9 Å². The van der Waals surface area contributed by atoms with Crippen LogP contribution in [-0.2, 0) is 32.7 Å². The van der Waals surface area contributed by atoms with E-state index in [0.717, 1.165) is 21.7 Å². The Bertz CT molecular complexity index is 1490. The van der Waals surface area contributed by atoms with Crippen molar-refractivity contribution in [3.8, 4) is 10.6 Å². The van der Waals surface area contributed by atoms with Crippen molar-refractivity contribution in [2.24, 2.45) is 0 Å². The summed E-state index contributed by atoms with van der Waals surface area (Å²) in [5, 5.41) is 10.2. The highest BCUT2D eigenvalue weighted by Gasteiger charge is 2.26. The standard InChI is InChI=1S/C26H26N4O6S3.CH4/c1-36-26(32)29-20(14-17-6-3-2-4-7-17)24(31)27-21(25-28-22(16-38-25)23-8-5-13-37-23)15-18-9-11-19(12-10-18)30-39(33,34)35;/h2-13,16,20-21,30H,14-15H2,1H3,(H,27,31)(H,29,32)(H,33,34,35);1H4/t20-,21-;/m0./s1. The minimum atomic E-state index is -4.40. The van der Waals surface area contributed by atoms with Crippen molar-refractivity contribution in [2.45, 2.75) is 32.4 Å². The van der Waals surface area contributed by atoms with Gasteiger partial charge in [-0.1, -0.05) is 56.0 Å². The summed E-state index contributed by atoms with van der Waals surface area (Å²) in [5.74, 6) is -0.410. The number of rotatable bonds is 11. The van der Waals surface area contributed by atoms with E-state index in [1.165, 1.54) is 30.6 Å². The van der Waals surface area contributed by atoms with Crippen LogP contribution >= 0.6 is 22.7 Å². The lowest BCUT2D eigenvalue weighted by Crippen LogP contribution is -2.49. The van der Waals surface area contributed by atoms with Crippen LogP contribution in [0.5, 0.6) is 0 Å². The van der Waals surface area contributed by atoms with Crippen LogP contribution in [0.4, 0.5) is 10.5 Å². The molecule has 13 heteroatoms. The molecule has 40 heavy (non-hydrogen) atoms. The molecule has 0 aliphatic heterocycles. The van der Waals surface area contributed by atoms with Gasteiger partial charge in [-0.2, -0.15) is 8.42 Å². The topological polar surface area (TPSA) is 147 Å². The SMILES string of the molecule is C.COC(=O)N[C@@H](Cc1ccccc1)C(=O)N[C@@H](Cc1ccc(NS(=O)(=O)O)cc1)c1nc(-c2cccs2)cs1. The predicted octanol–water partition coefficient (Wildman–Crippen LogP) is 5.09. The van der Waals surface area contributed by atoms with Crippen LogP contribution in [0.15, 0.2) is 77.5 Å². The summed E-state index contributed by atoms with van der Waals surface area (Å²) in [7, 11) is -3.16. The molecule has 0 bridgehead atoms. The van der Waals surface area contributed by atoms with Gasteiger partial charge in [0.1, 0.15) is 11.0 Å². The molecule has 4 aromatic rings. The maximum atomic E-state index is 13.5. The molecule has 4 N–H and O–H groups in total. The largest absolute Gasteiger partial charge is 0.453 e. The fourth-order valence-electron chi connectivity index (χ4n) is 3.81. The zero-order valence-electron chi connectivity index (χ0n) is 20.7. The molecule has 2 atom stereocenters. The third kappa shape index (κ3) is 8.88. The molecule has 2 aromatic heterocycles. The minimum absolute atomic E-state index is 0. The van der Waals surface area contributed by atoms with Gasteiger partial charge in [-0.05, 0) is 41.1 Å². The Balaban J connectivity index is 0.00000441. The molecule has 0 saturated carbocycles. The smallest absolute Gasteiger partial charge is 0.407 e. The van der Waals surface area contributed by atoms with E-state index >= 15 is 0 Å². The number of benzene rings is 2. The number of thiazole rings is 1. The molecular formula is C27H30N4O6S3. The number of amides is 2. The third-order valence-corrected chi connectivity index (χ3v) is 7.97. The minimum Gasteiger partial charge on any atom is -0.453 e. The fourth-order valence-corrected chi connectivity index (χ4v) is 5.88. The molecule has 0 aliphatic carbocycles. The monoisotopic (exact) mass is 602 g/mol. The molecule has 2 heterocycles. The molecule has 4 rings (SSSR count). The molecule has 10 nitrogen and oxygen atoms in total. The molecule has 212 valence electrons. The quantitative estimate of drug-likeness (QED) is 0.175. The zero-order chi connectivity index (χ0) is 27.8. The lowest BCUT2D eigenvalue weighted by molar-refractivity contribution is -0.123. The number of carbonyl (C=O) groups is 2. The van der Waals surface area contributed by atoms with Crippen molar-refractivity contribution in [1.82, 2.24) is 15.6 Å². The van der Waals surface area contributed by atoms with Crippen molar-refractivity contribution in [2.75, 3.05) is 11.8 Å². The van der Waals surface area contributed by atoms with Gasteiger partial charge in [-0.25, -0.2) is 9.78 Å². The third-order valence-electron chi connectivity index (χ3n) is 5.63. The number of aromatic nitrogens is 1. The fraction of sp³-hybridized carbons (Fsp3) is 0.222. The summed E-state index contributed by atoms with van der Waals surface area (Å²) >= 11 is 2.97. The summed E-state index contributed by atoms with van der Waals surface area (Å²) in [5.41, 5.74) is 2.64. The van der Waals surface area contributed by atoms with E-state index in [0.29, 0.717) is 11.4 Å². The van der Waals surface area contributed by atoms with E-state index in [9.17, 15) is 18.0 Å². The second kappa shape index (κ2) is 14.0. The molecule has 2 amide bonds. The second-order valence-corrected chi connectivity index (χ2v) is 11.5. The van der Waals surface area contributed by atoms with Crippen LogP contribution < -0.4 is 15.4 Å². The van der Waals surface area contributed by atoms with Crippen molar-refractivity contribution in [3.63, 3.8) is 0 Å². The summed E-state index contributed by atoms with van der Waals surface area (Å²) in [4.78, 5) is 31.3. The number of nitrogens with zero attached hydrogens (tertiary/aromatic N) is 1. The summed E-state index contributed by atoms with van der Waals surface area (Å²) in [6, 6.07) is 18.2.